The Morgan fingerprint density at radius 1 is 1.37 bits per heavy atom. The van der Waals surface area contributed by atoms with Gasteiger partial charge in [-0.3, -0.25) is 4.79 Å². The van der Waals surface area contributed by atoms with Crippen molar-refractivity contribution in [1.29, 1.82) is 0 Å². The summed E-state index contributed by atoms with van der Waals surface area (Å²) >= 11 is 0. The van der Waals surface area contributed by atoms with Crippen molar-refractivity contribution >= 4 is 5.97 Å². The van der Waals surface area contributed by atoms with Gasteiger partial charge < -0.3 is 9.84 Å². The highest BCUT2D eigenvalue weighted by Crippen LogP contribution is 2.38. The summed E-state index contributed by atoms with van der Waals surface area (Å²) in [6.45, 7) is 9.10. The first-order valence-corrected chi connectivity index (χ1v) is 7.85. The summed E-state index contributed by atoms with van der Waals surface area (Å²) < 4.78 is 5.91. The molecule has 1 saturated heterocycles. The lowest BCUT2D eigenvalue weighted by Crippen LogP contribution is -2.34. The zero-order chi connectivity index (χ0) is 14.4. The van der Waals surface area contributed by atoms with Gasteiger partial charge in [0, 0.05) is 0 Å². The van der Waals surface area contributed by atoms with Gasteiger partial charge in [-0.15, -0.1) is 0 Å². The fourth-order valence-corrected chi connectivity index (χ4v) is 3.49. The van der Waals surface area contributed by atoms with Crippen LogP contribution < -0.4 is 0 Å². The second kappa shape index (κ2) is 7.88. The molecule has 1 aliphatic rings. The zero-order valence-electron chi connectivity index (χ0n) is 12.9. The molecule has 0 amide bonds. The molecule has 3 heteroatoms. The topological polar surface area (TPSA) is 46.5 Å². The molecule has 5 unspecified atom stereocenters. The fraction of sp³-hybridized carbons (Fsp3) is 0.938. The molecule has 5 atom stereocenters. The summed E-state index contributed by atoms with van der Waals surface area (Å²) in [5.41, 5.74) is 0. The van der Waals surface area contributed by atoms with Crippen LogP contribution >= 0.6 is 0 Å². The number of carbonyl (C=O) groups is 1. The van der Waals surface area contributed by atoms with Crippen LogP contribution in [0.3, 0.4) is 0 Å². The number of carboxylic acids is 1. The molecule has 3 nitrogen and oxygen atoms in total. The molecule has 1 rings (SSSR count). The molecule has 1 aliphatic heterocycles. The van der Waals surface area contributed by atoms with E-state index in [1.807, 2.05) is 6.92 Å². The number of rotatable bonds is 6. The van der Waals surface area contributed by atoms with E-state index >= 15 is 0 Å². The van der Waals surface area contributed by atoms with Crippen molar-refractivity contribution in [3.63, 3.8) is 0 Å². The summed E-state index contributed by atoms with van der Waals surface area (Å²) in [4.78, 5) is 11.4. The zero-order valence-corrected chi connectivity index (χ0v) is 12.9. The number of hydrogen-bond donors (Lipinski definition) is 1. The highest BCUT2D eigenvalue weighted by Gasteiger charge is 2.36. The molecule has 1 fully saturated rings. The van der Waals surface area contributed by atoms with E-state index in [0.29, 0.717) is 17.9 Å². The number of carboxylic acid groups (broad SMARTS) is 1. The third-order valence-corrected chi connectivity index (χ3v) is 4.85. The van der Waals surface area contributed by atoms with Gasteiger partial charge in [0.1, 0.15) is 0 Å². The lowest BCUT2D eigenvalue weighted by molar-refractivity contribution is -0.144. The maximum atomic E-state index is 11.4. The highest BCUT2D eigenvalue weighted by atomic mass is 16.5. The van der Waals surface area contributed by atoms with Crippen molar-refractivity contribution in [1.82, 2.24) is 0 Å². The molecular formula is C16H30O3. The first-order chi connectivity index (χ1) is 9.01. The number of aliphatic carboxylic acids is 1. The molecule has 1 heterocycles. The second-order valence-electron chi connectivity index (χ2n) is 6.13. The Morgan fingerprint density at radius 2 is 2.05 bits per heavy atom. The molecule has 0 spiro atoms. The number of ether oxygens (including phenoxy) is 1. The molecule has 0 aromatic carbocycles. The maximum absolute atomic E-state index is 11.4. The van der Waals surface area contributed by atoms with Crippen molar-refractivity contribution < 1.29 is 14.6 Å². The van der Waals surface area contributed by atoms with Crippen molar-refractivity contribution in [2.75, 3.05) is 6.61 Å². The van der Waals surface area contributed by atoms with Crippen molar-refractivity contribution in [3.05, 3.63) is 0 Å². The van der Waals surface area contributed by atoms with Crippen molar-refractivity contribution in [3.8, 4) is 0 Å². The van der Waals surface area contributed by atoms with Gasteiger partial charge in [0.05, 0.1) is 18.6 Å². The van der Waals surface area contributed by atoms with E-state index in [-0.39, 0.29) is 11.8 Å². The molecule has 1 N–H and O–H groups in total. The van der Waals surface area contributed by atoms with E-state index in [2.05, 4.69) is 20.8 Å². The third kappa shape index (κ3) is 4.48. The predicted molar refractivity (Wildman–Crippen MR) is 77.1 cm³/mol. The Bertz CT molecular complexity index is 277. The van der Waals surface area contributed by atoms with Crippen LogP contribution in [0.5, 0.6) is 0 Å². The molecule has 0 aromatic rings. The fourth-order valence-electron chi connectivity index (χ4n) is 3.49. The average molecular weight is 270 g/mol. The van der Waals surface area contributed by atoms with Gasteiger partial charge in [-0.1, -0.05) is 33.6 Å². The average Bonchev–Trinajstić information content (AvgIpc) is 2.57. The Kier molecular flexibility index (Phi) is 6.84. The lowest BCUT2D eigenvalue weighted by atomic mass is 9.72. The van der Waals surface area contributed by atoms with Crippen LogP contribution in [0.2, 0.25) is 0 Å². The van der Waals surface area contributed by atoms with Gasteiger partial charge in [-0.25, -0.2) is 0 Å². The highest BCUT2D eigenvalue weighted by molar-refractivity contribution is 5.69. The molecule has 0 radical (unpaired) electrons. The molecule has 0 aromatic heterocycles. The smallest absolute Gasteiger partial charge is 0.306 e. The van der Waals surface area contributed by atoms with E-state index in [1.165, 1.54) is 6.42 Å². The van der Waals surface area contributed by atoms with Crippen LogP contribution in [0.15, 0.2) is 0 Å². The number of hydrogen-bond acceptors (Lipinski definition) is 2. The van der Waals surface area contributed by atoms with E-state index in [9.17, 15) is 9.90 Å². The maximum Gasteiger partial charge on any atom is 0.306 e. The van der Waals surface area contributed by atoms with Gasteiger partial charge in [0.25, 0.3) is 0 Å². The minimum atomic E-state index is -0.661. The van der Waals surface area contributed by atoms with Crippen LogP contribution in [0.25, 0.3) is 0 Å². The Balaban J connectivity index is 2.86. The van der Waals surface area contributed by atoms with Gasteiger partial charge in [-0.2, -0.15) is 0 Å². The molecular weight excluding hydrogens is 240 g/mol. The van der Waals surface area contributed by atoms with Gasteiger partial charge in [0.2, 0.25) is 0 Å². The second-order valence-corrected chi connectivity index (χ2v) is 6.13. The first-order valence-electron chi connectivity index (χ1n) is 7.85. The van der Waals surface area contributed by atoms with Crippen LogP contribution in [0.4, 0.5) is 0 Å². The summed E-state index contributed by atoms with van der Waals surface area (Å²) in [5.74, 6) is 0.337. The van der Waals surface area contributed by atoms with Gasteiger partial charge in [-0.05, 0) is 43.9 Å². The van der Waals surface area contributed by atoms with Gasteiger partial charge in [0.15, 0.2) is 0 Å². The molecule has 112 valence electrons. The van der Waals surface area contributed by atoms with Crippen molar-refractivity contribution in [2.24, 2.45) is 23.7 Å². The molecule has 0 aliphatic carbocycles. The van der Waals surface area contributed by atoms with Crippen LogP contribution in [0.1, 0.15) is 59.8 Å². The molecule has 0 bridgehead atoms. The first kappa shape index (κ1) is 16.5. The minimum absolute atomic E-state index is 0.248. The van der Waals surface area contributed by atoms with Crippen molar-refractivity contribution in [2.45, 2.75) is 65.9 Å². The summed E-state index contributed by atoms with van der Waals surface area (Å²) in [6, 6.07) is 0. The summed E-state index contributed by atoms with van der Waals surface area (Å²) in [5, 5.41) is 9.35. The summed E-state index contributed by atoms with van der Waals surface area (Å²) in [7, 11) is 0. The Labute approximate surface area is 117 Å². The monoisotopic (exact) mass is 270 g/mol. The van der Waals surface area contributed by atoms with Crippen LogP contribution in [-0.2, 0) is 9.53 Å². The van der Waals surface area contributed by atoms with Crippen LogP contribution in [0, 0.1) is 23.7 Å². The molecule has 0 saturated carbocycles. The third-order valence-electron chi connectivity index (χ3n) is 4.85. The van der Waals surface area contributed by atoms with Gasteiger partial charge >= 0.3 is 5.97 Å². The van der Waals surface area contributed by atoms with Crippen LogP contribution in [-0.4, -0.2) is 23.8 Å². The normalized spacial score (nSPS) is 31.5. The standard InChI is InChI=1S/C16H30O3/c1-5-7-14(12(4)16(17)18)15-10-19-11(3)8-9-13(15)6-2/h11-15H,5-10H2,1-4H3,(H,17,18). The predicted octanol–water partition coefficient (Wildman–Crippen LogP) is 3.96. The lowest BCUT2D eigenvalue weighted by Gasteiger charge is -2.34. The SMILES string of the molecule is CCCC(C(C)C(=O)O)C1COC(C)CCC1CC. The van der Waals surface area contributed by atoms with E-state index < -0.39 is 5.97 Å². The van der Waals surface area contributed by atoms with E-state index in [1.54, 1.807) is 0 Å². The summed E-state index contributed by atoms with van der Waals surface area (Å²) in [6.07, 6.45) is 5.77. The molecule has 19 heavy (non-hydrogen) atoms. The minimum Gasteiger partial charge on any atom is -0.481 e. The largest absolute Gasteiger partial charge is 0.481 e. The quantitative estimate of drug-likeness (QED) is 0.794. The Hall–Kier alpha value is -0.570. The van der Waals surface area contributed by atoms with E-state index in [4.69, 9.17) is 4.74 Å². The Morgan fingerprint density at radius 3 is 2.58 bits per heavy atom. The van der Waals surface area contributed by atoms with E-state index in [0.717, 1.165) is 32.3 Å².